The van der Waals surface area contributed by atoms with Gasteiger partial charge in [0.1, 0.15) is 5.58 Å². The van der Waals surface area contributed by atoms with Crippen molar-refractivity contribution in [2.45, 2.75) is 131 Å². The number of rotatable bonds is 2. The summed E-state index contributed by atoms with van der Waals surface area (Å²) in [5.74, 6) is 0.825. The molecule has 0 atom stereocenters. The van der Waals surface area contributed by atoms with Gasteiger partial charge in [-0.2, -0.15) is 0 Å². The fourth-order valence-electron chi connectivity index (χ4n) is 11.7. The van der Waals surface area contributed by atoms with Gasteiger partial charge >= 0.3 is 0 Å². The molecule has 0 N–H and O–H groups in total. The monoisotopic (exact) mass is 904 g/mol. The number of nitrogens with zero attached hydrogens (tertiary/aromatic N) is 3. The van der Waals surface area contributed by atoms with Gasteiger partial charge in [-0.3, -0.25) is 4.90 Å². The van der Waals surface area contributed by atoms with Crippen LogP contribution in [0, 0.1) is 0 Å². The third-order valence-corrected chi connectivity index (χ3v) is 15.7. The molecule has 0 unspecified atom stereocenters. The summed E-state index contributed by atoms with van der Waals surface area (Å²) in [7, 11) is 0. The molecular formula is C64H66BN3O. The minimum absolute atomic E-state index is 0.00783. The Morgan fingerprint density at radius 1 is 0.420 bits per heavy atom. The van der Waals surface area contributed by atoms with Gasteiger partial charge in [0.05, 0.1) is 27.9 Å². The van der Waals surface area contributed by atoms with Gasteiger partial charge < -0.3 is 13.7 Å². The lowest BCUT2D eigenvalue weighted by molar-refractivity contribution is 0.590. The second-order valence-electron chi connectivity index (χ2n) is 25.6. The highest BCUT2D eigenvalue weighted by Crippen LogP contribution is 2.56. The zero-order valence-electron chi connectivity index (χ0n) is 43.5. The second-order valence-corrected chi connectivity index (χ2v) is 25.6. The Labute approximate surface area is 409 Å². The highest BCUT2D eigenvalue weighted by molar-refractivity contribution is 7.01. The highest BCUT2D eigenvalue weighted by atomic mass is 16.4. The zero-order valence-corrected chi connectivity index (χ0v) is 43.5. The van der Waals surface area contributed by atoms with Crippen LogP contribution in [0.15, 0.2) is 132 Å². The Bertz CT molecular complexity index is 3720. The predicted octanol–water partition coefficient (Wildman–Crippen LogP) is 16.2. The third-order valence-electron chi connectivity index (χ3n) is 15.7. The molecule has 5 heterocycles. The molecule has 0 bridgehead atoms. The lowest BCUT2D eigenvalue weighted by Crippen LogP contribution is -2.61. The van der Waals surface area contributed by atoms with Gasteiger partial charge in [0, 0.05) is 50.1 Å². The lowest BCUT2D eigenvalue weighted by Gasteiger charge is -2.45. The van der Waals surface area contributed by atoms with Crippen LogP contribution in [0.3, 0.4) is 0 Å². The van der Waals surface area contributed by atoms with E-state index in [1.165, 1.54) is 99.4 Å². The van der Waals surface area contributed by atoms with Crippen LogP contribution >= 0.6 is 0 Å². The molecule has 0 spiro atoms. The third kappa shape index (κ3) is 6.41. The molecule has 0 aliphatic carbocycles. The normalized spacial score (nSPS) is 14.5. The molecule has 7 aromatic carbocycles. The summed E-state index contributed by atoms with van der Waals surface area (Å²) in [6.45, 7) is 35.0. The van der Waals surface area contributed by atoms with E-state index >= 15 is 0 Å². The smallest absolute Gasteiger partial charge is 0.252 e. The van der Waals surface area contributed by atoms with Crippen LogP contribution in [-0.4, -0.2) is 11.1 Å². The van der Waals surface area contributed by atoms with E-state index in [-0.39, 0.29) is 33.8 Å². The molecule has 0 amide bonds. The van der Waals surface area contributed by atoms with E-state index in [9.17, 15) is 0 Å². The Morgan fingerprint density at radius 3 is 1.35 bits per heavy atom. The van der Waals surface area contributed by atoms with Gasteiger partial charge in [-0.15, -0.1) is 0 Å². The average molecular weight is 904 g/mol. The molecule has 10 aromatic rings. The summed E-state index contributed by atoms with van der Waals surface area (Å²) in [5.41, 5.74) is 20.9. The largest absolute Gasteiger partial charge is 0.440 e. The first-order valence-electron chi connectivity index (χ1n) is 25.2. The van der Waals surface area contributed by atoms with Crippen molar-refractivity contribution in [2.24, 2.45) is 0 Å². The van der Waals surface area contributed by atoms with E-state index in [1.807, 2.05) is 0 Å². The van der Waals surface area contributed by atoms with Crippen molar-refractivity contribution in [3.63, 3.8) is 0 Å². The number of furan rings is 1. The average Bonchev–Trinajstić information content (AvgIpc) is 3.96. The minimum atomic E-state index is -0.0879. The van der Waals surface area contributed by atoms with E-state index < -0.39 is 0 Å². The SMILES string of the molecule is CC(C)(C)c1ccc(N2c3ccc(C(C)(C)C)cc3B3c4cc(C(C)(C)C)ccc4N(c4cc5ccccc5o4)c4c3c2c2c3cc(C(C)(C)C)ccc3n3c5ccc(C(C)(C)C)cc5c4c23)cc1. The lowest BCUT2D eigenvalue weighted by atomic mass is 9.33. The summed E-state index contributed by atoms with van der Waals surface area (Å²) in [6.07, 6.45) is 0. The van der Waals surface area contributed by atoms with E-state index in [0.29, 0.717) is 0 Å². The van der Waals surface area contributed by atoms with Gasteiger partial charge in [-0.05, 0) is 126 Å². The summed E-state index contributed by atoms with van der Waals surface area (Å²) in [6, 6.07) is 49.5. The fraction of sp³-hybridized carbons (Fsp3) is 0.312. The molecule has 2 aliphatic rings. The number of para-hydroxylation sites is 1. The van der Waals surface area contributed by atoms with Crippen LogP contribution in [0.2, 0.25) is 0 Å². The Hall–Kier alpha value is -6.46. The van der Waals surface area contributed by atoms with Crippen LogP contribution in [0.1, 0.15) is 132 Å². The molecule has 69 heavy (non-hydrogen) atoms. The van der Waals surface area contributed by atoms with Crippen LogP contribution in [-0.2, 0) is 27.1 Å². The Kier molecular flexibility index (Phi) is 8.94. The summed E-state index contributed by atoms with van der Waals surface area (Å²) in [5, 5.41) is 6.22. The molecule has 4 nitrogen and oxygen atoms in total. The van der Waals surface area contributed by atoms with Gasteiger partial charge in [0.25, 0.3) is 6.71 Å². The number of benzene rings is 7. The molecule has 12 rings (SSSR count). The molecule has 346 valence electrons. The molecule has 0 radical (unpaired) electrons. The maximum absolute atomic E-state index is 7.15. The first kappa shape index (κ1) is 43.8. The Balaban J connectivity index is 1.37. The Morgan fingerprint density at radius 2 is 0.855 bits per heavy atom. The zero-order chi connectivity index (χ0) is 48.6. The molecule has 0 saturated heterocycles. The van der Waals surface area contributed by atoms with Crippen molar-refractivity contribution < 1.29 is 4.42 Å². The maximum Gasteiger partial charge on any atom is 0.252 e. The molecule has 3 aromatic heterocycles. The first-order valence-corrected chi connectivity index (χ1v) is 25.2. The number of fused-ring (bicyclic) bond motifs is 13. The van der Waals surface area contributed by atoms with Crippen molar-refractivity contribution >= 4 is 106 Å². The second kappa shape index (κ2) is 14.1. The summed E-state index contributed by atoms with van der Waals surface area (Å²) in [4.78, 5) is 5.17. The van der Waals surface area contributed by atoms with Crippen molar-refractivity contribution in [2.75, 3.05) is 9.80 Å². The summed E-state index contributed by atoms with van der Waals surface area (Å²) < 4.78 is 9.75. The molecule has 0 saturated carbocycles. The summed E-state index contributed by atoms with van der Waals surface area (Å²) >= 11 is 0. The first-order chi connectivity index (χ1) is 32.4. The van der Waals surface area contributed by atoms with Crippen LogP contribution in [0.5, 0.6) is 0 Å². The number of anilines is 6. The van der Waals surface area contributed by atoms with Gasteiger partial charge in [0.2, 0.25) is 5.88 Å². The van der Waals surface area contributed by atoms with Gasteiger partial charge in [-0.1, -0.05) is 171 Å². The van der Waals surface area contributed by atoms with E-state index in [1.54, 1.807) is 0 Å². The van der Waals surface area contributed by atoms with Gasteiger partial charge in [-0.25, -0.2) is 0 Å². The van der Waals surface area contributed by atoms with Crippen molar-refractivity contribution in [3.8, 4) is 0 Å². The number of aromatic nitrogens is 1. The van der Waals surface area contributed by atoms with Crippen molar-refractivity contribution in [1.29, 1.82) is 0 Å². The molecule has 2 aliphatic heterocycles. The van der Waals surface area contributed by atoms with Crippen LogP contribution in [0.25, 0.3) is 49.1 Å². The molecule has 0 fully saturated rings. The van der Waals surface area contributed by atoms with E-state index in [2.05, 4.69) is 245 Å². The van der Waals surface area contributed by atoms with Gasteiger partial charge in [0.15, 0.2) is 0 Å². The topological polar surface area (TPSA) is 24.0 Å². The minimum Gasteiger partial charge on any atom is -0.440 e. The maximum atomic E-state index is 7.15. The van der Waals surface area contributed by atoms with Crippen LogP contribution in [0.4, 0.5) is 34.3 Å². The highest BCUT2D eigenvalue weighted by Gasteiger charge is 2.48. The predicted molar refractivity (Wildman–Crippen MR) is 298 cm³/mol. The quantitative estimate of drug-likeness (QED) is 0.162. The number of hydrogen-bond acceptors (Lipinski definition) is 3. The molecular weight excluding hydrogens is 838 g/mol. The number of hydrogen-bond donors (Lipinski definition) is 0. The van der Waals surface area contributed by atoms with Crippen LogP contribution < -0.4 is 26.2 Å². The van der Waals surface area contributed by atoms with Crippen molar-refractivity contribution in [3.05, 3.63) is 155 Å². The van der Waals surface area contributed by atoms with E-state index in [0.717, 1.165) is 28.2 Å². The van der Waals surface area contributed by atoms with Crippen molar-refractivity contribution in [1.82, 2.24) is 4.40 Å². The molecule has 5 heteroatoms. The fourth-order valence-corrected chi connectivity index (χ4v) is 11.7. The van der Waals surface area contributed by atoms with E-state index in [4.69, 9.17) is 4.42 Å². The standard InChI is InChI=1S/C64H66BN3O/c1-60(2,3)38-20-26-43(27-21-38)66-50-30-24-41(63(10,11)12)35-46(50)65-47-36-42(64(13,14)15)25-31-51(47)68(53-32-37-18-16-17-19-52(37)69-53)59-55-45-34-40(62(7,8)9)23-29-49(45)67-48-28-22-39(61(4,5)6)33-44(48)54(57(55)67)58(66)56(59)65/h16-36H,1-15H3.